The summed E-state index contributed by atoms with van der Waals surface area (Å²) in [7, 11) is 0. The van der Waals surface area contributed by atoms with Crippen LogP contribution in [0.2, 0.25) is 0 Å². The summed E-state index contributed by atoms with van der Waals surface area (Å²) in [6, 6.07) is 1.27. The van der Waals surface area contributed by atoms with Gasteiger partial charge < -0.3 is 10.2 Å². The molecule has 2 aliphatic rings. The molecule has 1 heterocycles. The van der Waals surface area contributed by atoms with Crippen LogP contribution in [0.3, 0.4) is 0 Å². The van der Waals surface area contributed by atoms with Crippen molar-refractivity contribution in [3.63, 3.8) is 0 Å². The van der Waals surface area contributed by atoms with E-state index in [1.54, 1.807) is 0 Å². The molecule has 0 radical (unpaired) electrons. The average Bonchev–Trinajstić information content (AvgIpc) is 2.59. The number of hydrogen-bond acceptors (Lipinski definition) is 1. The molecule has 2 atom stereocenters. The predicted molar refractivity (Wildman–Crippen MR) is 72.6 cm³/mol. The first kappa shape index (κ1) is 12.2. The highest BCUT2D eigenvalue weighted by Gasteiger charge is 2.28. The number of likely N-dealkylation sites (tertiary alicyclic amines) is 1. The molecule has 2 unspecified atom stereocenters. The Labute approximate surface area is 105 Å². The number of nitrogens with zero attached hydrogens (tertiary/aromatic N) is 1. The maximum atomic E-state index is 5.54. The summed E-state index contributed by atoms with van der Waals surface area (Å²) >= 11 is 5.54. The fourth-order valence-corrected chi connectivity index (χ4v) is 3.51. The molecule has 1 saturated carbocycles. The molecule has 0 bridgehead atoms. The lowest BCUT2D eigenvalue weighted by molar-refractivity contribution is 0.366. The van der Waals surface area contributed by atoms with E-state index in [2.05, 4.69) is 24.1 Å². The number of hydrogen-bond donors (Lipinski definition) is 1. The molecule has 92 valence electrons. The van der Waals surface area contributed by atoms with E-state index in [1.165, 1.54) is 38.5 Å². The van der Waals surface area contributed by atoms with E-state index in [4.69, 9.17) is 12.2 Å². The van der Waals surface area contributed by atoms with Crippen LogP contribution >= 0.6 is 12.2 Å². The van der Waals surface area contributed by atoms with Crippen LogP contribution in [0.4, 0.5) is 0 Å². The van der Waals surface area contributed by atoms with Crippen LogP contribution < -0.4 is 5.32 Å². The highest BCUT2D eigenvalue weighted by molar-refractivity contribution is 7.80. The molecule has 0 aromatic heterocycles. The third-order valence-electron chi connectivity index (χ3n) is 3.98. The summed E-state index contributed by atoms with van der Waals surface area (Å²) in [5.41, 5.74) is 0. The van der Waals surface area contributed by atoms with Crippen LogP contribution in [-0.2, 0) is 0 Å². The Morgan fingerprint density at radius 2 is 1.88 bits per heavy atom. The van der Waals surface area contributed by atoms with Crippen molar-refractivity contribution in [1.29, 1.82) is 0 Å². The van der Waals surface area contributed by atoms with Crippen molar-refractivity contribution in [2.75, 3.05) is 6.54 Å². The van der Waals surface area contributed by atoms with E-state index < -0.39 is 0 Å². The van der Waals surface area contributed by atoms with Gasteiger partial charge in [-0.2, -0.15) is 0 Å². The standard InChI is InChI=1S/C13H24N2S/c1-10-8-11(2)15(9-10)13(16)14-12-6-4-3-5-7-12/h10-12H,3-9H2,1-2H3,(H,14,16). The molecule has 2 rings (SSSR count). The van der Waals surface area contributed by atoms with Crippen LogP contribution in [0, 0.1) is 5.92 Å². The Hall–Kier alpha value is -0.310. The summed E-state index contributed by atoms with van der Waals surface area (Å²) in [6.07, 6.45) is 8.03. The number of rotatable bonds is 1. The molecule has 2 fully saturated rings. The van der Waals surface area contributed by atoms with Crippen LogP contribution in [0.1, 0.15) is 52.4 Å². The van der Waals surface area contributed by atoms with Crippen LogP contribution in [0.15, 0.2) is 0 Å². The van der Waals surface area contributed by atoms with E-state index in [-0.39, 0.29) is 0 Å². The smallest absolute Gasteiger partial charge is 0.169 e. The largest absolute Gasteiger partial charge is 0.360 e. The lowest BCUT2D eigenvalue weighted by Gasteiger charge is -2.30. The maximum absolute atomic E-state index is 5.54. The van der Waals surface area contributed by atoms with Crippen molar-refractivity contribution in [3.8, 4) is 0 Å². The molecule has 3 heteroatoms. The normalized spacial score (nSPS) is 31.8. The summed E-state index contributed by atoms with van der Waals surface area (Å²) in [5, 5.41) is 4.57. The van der Waals surface area contributed by atoms with Gasteiger partial charge in [0.25, 0.3) is 0 Å². The Kier molecular flexibility index (Phi) is 4.06. The molecule has 0 spiro atoms. The van der Waals surface area contributed by atoms with Crippen LogP contribution in [0.5, 0.6) is 0 Å². The van der Waals surface area contributed by atoms with Gasteiger partial charge in [-0.25, -0.2) is 0 Å². The highest BCUT2D eigenvalue weighted by Crippen LogP contribution is 2.23. The molecule has 1 aliphatic heterocycles. The van der Waals surface area contributed by atoms with Crippen molar-refractivity contribution in [1.82, 2.24) is 10.2 Å². The second-order valence-corrected chi connectivity index (χ2v) is 6.01. The molecular formula is C13H24N2S. The highest BCUT2D eigenvalue weighted by atomic mass is 32.1. The lowest BCUT2D eigenvalue weighted by Crippen LogP contribution is -2.46. The van der Waals surface area contributed by atoms with Gasteiger partial charge in [0, 0.05) is 18.6 Å². The van der Waals surface area contributed by atoms with Gasteiger partial charge in [0.2, 0.25) is 0 Å². The summed E-state index contributed by atoms with van der Waals surface area (Å²) in [5.74, 6) is 0.793. The monoisotopic (exact) mass is 240 g/mol. The Balaban J connectivity index is 1.82. The first-order valence-electron chi connectivity index (χ1n) is 6.74. The Morgan fingerprint density at radius 3 is 2.44 bits per heavy atom. The lowest BCUT2D eigenvalue weighted by atomic mass is 9.96. The van der Waals surface area contributed by atoms with Crippen molar-refractivity contribution >= 4 is 17.3 Å². The van der Waals surface area contributed by atoms with E-state index in [0.717, 1.165) is 17.6 Å². The van der Waals surface area contributed by atoms with Crippen LogP contribution in [-0.4, -0.2) is 28.6 Å². The maximum Gasteiger partial charge on any atom is 0.169 e. The van der Waals surface area contributed by atoms with Crippen LogP contribution in [0.25, 0.3) is 0 Å². The molecule has 1 saturated heterocycles. The van der Waals surface area contributed by atoms with E-state index in [1.807, 2.05) is 0 Å². The number of thiocarbonyl (C=S) groups is 1. The van der Waals surface area contributed by atoms with Gasteiger partial charge in [-0.1, -0.05) is 26.2 Å². The molecule has 16 heavy (non-hydrogen) atoms. The molecule has 1 aliphatic carbocycles. The molecule has 0 aromatic rings. The van der Waals surface area contributed by atoms with E-state index >= 15 is 0 Å². The van der Waals surface area contributed by atoms with Crippen molar-refractivity contribution in [3.05, 3.63) is 0 Å². The third-order valence-corrected chi connectivity index (χ3v) is 4.33. The zero-order valence-corrected chi connectivity index (χ0v) is 11.4. The fraction of sp³-hybridized carbons (Fsp3) is 0.923. The van der Waals surface area contributed by atoms with Gasteiger partial charge in [0.1, 0.15) is 0 Å². The van der Waals surface area contributed by atoms with Gasteiger partial charge in [-0.15, -0.1) is 0 Å². The van der Waals surface area contributed by atoms with E-state index in [0.29, 0.717) is 12.1 Å². The van der Waals surface area contributed by atoms with Gasteiger partial charge in [-0.3, -0.25) is 0 Å². The van der Waals surface area contributed by atoms with Crippen molar-refractivity contribution < 1.29 is 0 Å². The Morgan fingerprint density at radius 1 is 1.19 bits per heavy atom. The third kappa shape index (κ3) is 2.88. The summed E-state index contributed by atoms with van der Waals surface area (Å²) < 4.78 is 0. The minimum atomic E-state index is 0.624. The molecule has 0 aromatic carbocycles. The van der Waals surface area contributed by atoms with Crippen molar-refractivity contribution in [2.24, 2.45) is 5.92 Å². The molecule has 2 nitrogen and oxygen atoms in total. The van der Waals surface area contributed by atoms with Gasteiger partial charge in [-0.05, 0) is 44.3 Å². The van der Waals surface area contributed by atoms with Gasteiger partial charge in [0.15, 0.2) is 5.11 Å². The zero-order chi connectivity index (χ0) is 11.5. The molecule has 1 N–H and O–H groups in total. The summed E-state index contributed by atoms with van der Waals surface area (Å²) in [4.78, 5) is 2.38. The fourth-order valence-electron chi connectivity index (χ4n) is 3.09. The second-order valence-electron chi connectivity index (χ2n) is 5.63. The second kappa shape index (κ2) is 5.35. The number of nitrogens with one attached hydrogen (secondary N) is 1. The molecule has 0 amide bonds. The topological polar surface area (TPSA) is 15.3 Å². The van der Waals surface area contributed by atoms with E-state index in [9.17, 15) is 0 Å². The van der Waals surface area contributed by atoms with Gasteiger partial charge >= 0.3 is 0 Å². The average molecular weight is 240 g/mol. The first-order valence-corrected chi connectivity index (χ1v) is 7.15. The first-order chi connectivity index (χ1) is 7.66. The quantitative estimate of drug-likeness (QED) is 0.710. The minimum Gasteiger partial charge on any atom is -0.360 e. The zero-order valence-electron chi connectivity index (χ0n) is 10.5. The van der Waals surface area contributed by atoms with Crippen molar-refractivity contribution in [2.45, 2.75) is 64.5 Å². The van der Waals surface area contributed by atoms with Gasteiger partial charge in [0.05, 0.1) is 0 Å². The predicted octanol–water partition coefficient (Wildman–Crippen LogP) is 2.92. The Bertz CT molecular complexity index is 248. The summed E-state index contributed by atoms with van der Waals surface area (Å²) in [6.45, 7) is 5.75. The molecular weight excluding hydrogens is 216 g/mol. The SMILES string of the molecule is CC1CC(C)N(C(=S)NC2CCCCC2)C1. The minimum absolute atomic E-state index is 0.624.